The van der Waals surface area contributed by atoms with Crippen molar-refractivity contribution in [3.05, 3.63) is 0 Å². The van der Waals surface area contributed by atoms with Crippen molar-refractivity contribution in [2.24, 2.45) is 5.92 Å². The molecule has 0 radical (unpaired) electrons. The molecule has 0 aliphatic rings. The largest absolute Gasteiger partial charge is 0.481 e. The van der Waals surface area contributed by atoms with Crippen molar-refractivity contribution < 1.29 is 19.7 Å². The minimum Gasteiger partial charge on any atom is -0.481 e. The summed E-state index contributed by atoms with van der Waals surface area (Å²) in [5.74, 6) is -0.431. The number of aliphatic hydroxyl groups excluding tert-OH is 1. The van der Waals surface area contributed by atoms with Crippen LogP contribution >= 0.6 is 0 Å². The number of nitrogens with one attached hydrogen (secondary N) is 1. The van der Waals surface area contributed by atoms with Crippen LogP contribution in [-0.2, 0) is 9.53 Å². The fraction of sp³-hybridized carbons (Fsp3) is 0.909. The van der Waals surface area contributed by atoms with Crippen LogP contribution in [0.1, 0.15) is 26.7 Å². The first-order valence-electron chi connectivity index (χ1n) is 5.70. The van der Waals surface area contributed by atoms with E-state index in [0.717, 1.165) is 19.6 Å². The van der Waals surface area contributed by atoms with Gasteiger partial charge in [0.05, 0.1) is 12.5 Å². The predicted molar refractivity (Wildman–Crippen MR) is 61.4 cm³/mol. The van der Waals surface area contributed by atoms with E-state index in [1.54, 1.807) is 0 Å². The molecular weight excluding hydrogens is 210 g/mol. The van der Waals surface area contributed by atoms with Crippen LogP contribution in [0.15, 0.2) is 0 Å². The van der Waals surface area contributed by atoms with E-state index in [9.17, 15) is 9.90 Å². The molecule has 0 aromatic heterocycles. The van der Waals surface area contributed by atoms with Crippen molar-refractivity contribution >= 4 is 5.97 Å². The minimum atomic E-state index is -0.977. The van der Waals surface area contributed by atoms with Gasteiger partial charge in [-0.05, 0) is 18.9 Å². The highest BCUT2D eigenvalue weighted by Crippen LogP contribution is 1.93. The first-order chi connectivity index (χ1) is 7.52. The zero-order chi connectivity index (χ0) is 12.4. The average Bonchev–Trinajstić information content (AvgIpc) is 2.14. The number of aliphatic hydroxyl groups is 1. The average molecular weight is 233 g/mol. The number of aliphatic carboxylic acids is 1. The van der Waals surface area contributed by atoms with Gasteiger partial charge >= 0.3 is 5.97 Å². The third-order valence-corrected chi connectivity index (χ3v) is 1.88. The van der Waals surface area contributed by atoms with Gasteiger partial charge in [0.25, 0.3) is 0 Å². The summed E-state index contributed by atoms with van der Waals surface area (Å²) in [4.78, 5) is 10.2. The molecule has 3 N–H and O–H groups in total. The second-order valence-corrected chi connectivity index (χ2v) is 4.28. The van der Waals surface area contributed by atoms with Gasteiger partial charge in [0.15, 0.2) is 0 Å². The molecule has 0 aliphatic carbocycles. The SMILES string of the molecule is CC(C)COCCCNCC(O)CC(=O)O. The molecule has 0 spiro atoms. The van der Waals surface area contributed by atoms with Gasteiger partial charge in [-0.2, -0.15) is 0 Å². The van der Waals surface area contributed by atoms with Crippen molar-refractivity contribution in [1.29, 1.82) is 0 Å². The fourth-order valence-electron chi connectivity index (χ4n) is 1.16. The summed E-state index contributed by atoms with van der Waals surface area (Å²) in [5, 5.41) is 20.6. The molecule has 1 unspecified atom stereocenters. The van der Waals surface area contributed by atoms with Crippen molar-refractivity contribution in [1.82, 2.24) is 5.32 Å². The molecule has 1 atom stereocenters. The molecule has 5 heteroatoms. The summed E-state index contributed by atoms with van der Waals surface area (Å²) in [5.41, 5.74) is 0. The van der Waals surface area contributed by atoms with Crippen LogP contribution in [0.4, 0.5) is 0 Å². The van der Waals surface area contributed by atoms with E-state index in [-0.39, 0.29) is 6.42 Å². The Labute approximate surface area is 96.8 Å². The lowest BCUT2D eigenvalue weighted by Crippen LogP contribution is -2.29. The highest BCUT2D eigenvalue weighted by Gasteiger charge is 2.07. The van der Waals surface area contributed by atoms with E-state index in [4.69, 9.17) is 9.84 Å². The van der Waals surface area contributed by atoms with Crippen LogP contribution in [0.3, 0.4) is 0 Å². The van der Waals surface area contributed by atoms with Crippen LogP contribution in [0.5, 0.6) is 0 Å². The lowest BCUT2D eigenvalue weighted by molar-refractivity contribution is -0.139. The maximum absolute atomic E-state index is 10.2. The topological polar surface area (TPSA) is 78.8 Å². The van der Waals surface area contributed by atoms with Gasteiger partial charge in [0, 0.05) is 19.8 Å². The molecular formula is C11H23NO4. The molecule has 96 valence electrons. The third kappa shape index (κ3) is 11.4. The van der Waals surface area contributed by atoms with Crippen LogP contribution in [-0.4, -0.2) is 48.6 Å². The monoisotopic (exact) mass is 233 g/mol. The van der Waals surface area contributed by atoms with Crippen molar-refractivity contribution in [3.8, 4) is 0 Å². The Morgan fingerprint density at radius 1 is 1.44 bits per heavy atom. The second-order valence-electron chi connectivity index (χ2n) is 4.28. The number of carboxylic acids is 1. The number of hydrogen-bond acceptors (Lipinski definition) is 4. The lowest BCUT2D eigenvalue weighted by atomic mass is 10.2. The Hall–Kier alpha value is -0.650. The van der Waals surface area contributed by atoms with E-state index < -0.39 is 12.1 Å². The van der Waals surface area contributed by atoms with Gasteiger partial charge in [-0.25, -0.2) is 0 Å². The molecule has 0 amide bonds. The number of rotatable bonds is 10. The fourth-order valence-corrected chi connectivity index (χ4v) is 1.16. The van der Waals surface area contributed by atoms with Gasteiger partial charge in [-0.15, -0.1) is 0 Å². The van der Waals surface area contributed by atoms with Gasteiger partial charge in [-0.3, -0.25) is 4.79 Å². The van der Waals surface area contributed by atoms with E-state index in [0.29, 0.717) is 19.1 Å². The smallest absolute Gasteiger partial charge is 0.306 e. The van der Waals surface area contributed by atoms with E-state index in [1.165, 1.54) is 0 Å². The molecule has 0 aromatic carbocycles. The molecule has 0 aliphatic heterocycles. The normalized spacial score (nSPS) is 13.0. The summed E-state index contributed by atoms with van der Waals surface area (Å²) in [6.45, 7) is 6.70. The summed E-state index contributed by atoms with van der Waals surface area (Å²) in [6, 6.07) is 0. The predicted octanol–water partition coefficient (Wildman–Crippen LogP) is 0.474. The molecule has 0 saturated carbocycles. The quantitative estimate of drug-likeness (QED) is 0.478. The minimum absolute atomic E-state index is 0.211. The van der Waals surface area contributed by atoms with Crippen molar-refractivity contribution in [2.75, 3.05) is 26.3 Å². The maximum Gasteiger partial charge on any atom is 0.306 e. The molecule has 5 nitrogen and oxygen atoms in total. The number of carbonyl (C=O) groups is 1. The van der Waals surface area contributed by atoms with Gasteiger partial charge < -0.3 is 20.3 Å². The zero-order valence-corrected chi connectivity index (χ0v) is 10.1. The number of hydrogen-bond donors (Lipinski definition) is 3. The van der Waals surface area contributed by atoms with Gasteiger partial charge in [0.2, 0.25) is 0 Å². The molecule has 16 heavy (non-hydrogen) atoms. The highest BCUT2D eigenvalue weighted by atomic mass is 16.5. The van der Waals surface area contributed by atoms with Crippen molar-refractivity contribution in [3.63, 3.8) is 0 Å². The zero-order valence-electron chi connectivity index (χ0n) is 10.1. The van der Waals surface area contributed by atoms with E-state index >= 15 is 0 Å². The Morgan fingerprint density at radius 3 is 2.69 bits per heavy atom. The Bertz CT molecular complexity index is 185. The summed E-state index contributed by atoms with van der Waals surface area (Å²) in [6.07, 6.45) is -0.155. The van der Waals surface area contributed by atoms with Gasteiger partial charge in [-0.1, -0.05) is 13.8 Å². The Balaban J connectivity index is 3.17. The van der Waals surface area contributed by atoms with Crippen LogP contribution < -0.4 is 5.32 Å². The lowest BCUT2D eigenvalue weighted by Gasteiger charge is -2.10. The van der Waals surface area contributed by atoms with Gasteiger partial charge in [0.1, 0.15) is 0 Å². The van der Waals surface area contributed by atoms with Crippen LogP contribution in [0.25, 0.3) is 0 Å². The van der Waals surface area contributed by atoms with Crippen LogP contribution in [0.2, 0.25) is 0 Å². The summed E-state index contributed by atoms with van der Waals surface area (Å²) in [7, 11) is 0. The molecule has 0 fully saturated rings. The molecule has 0 heterocycles. The second kappa shape index (κ2) is 9.57. The maximum atomic E-state index is 10.2. The summed E-state index contributed by atoms with van der Waals surface area (Å²) < 4.78 is 5.37. The Morgan fingerprint density at radius 2 is 2.12 bits per heavy atom. The standard InChI is InChI=1S/C11H23NO4/c1-9(2)8-16-5-3-4-12-7-10(13)6-11(14)15/h9-10,12-13H,3-8H2,1-2H3,(H,14,15). The first-order valence-corrected chi connectivity index (χ1v) is 5.70. The molecule has 0 bridgehead atoms. The Kier molecular flexibility index (Phi) is 9.18. The molecule has 0 rings (SSSR count). The van der Waals surface area contributed by atoms with Crippen LogP contribution in [0, 0.1) is 5.92 Å². The molecule has 0 aromatic rings. The first kappa shape index (κ1) is 15.3. The number of ether oxygens (including phenoxy) is 1. The van der Waals surface area contributed by atoms with Crippen molar-refractivity contribution in [2.45, 2.75) is 32.8 Å². The van der Waals surface area contributed by atoms with E-state index in [1.807, 2.05) is 0 Å². The summed E-state index contributed by atoms with van der Waals surface area (Å²) >= 11 is 0. The van der Waals surface area contributed by atoms with E-state index in [2.05, 4.69) is 19.2 Å². The highest BCUT2D eigenvalue weighted by molar-refractivity contribution is 5.67. The number of carboxylic acid groups (broad SMARTS) is 1. The third-order valence-electron chi connectivity index (χ3n) is 1.88. The molecule has 0 saturated heterocycles.